The number of amides is 1. The van der Waals surface area contributed by atoms with Gasteiger partial charge < -0.3 is 5.32 Å². The van der Waals surface area contributed by atoms with Crippen molar-refractivity contribution in [3.8, 4) is 6.07 Å². The van der Waals surface area contributed by atoms with E-state index < -0.39 is 16.1 Å². The van der Waals surface area contributed by atoms with Gasteiger partial charge in [-0.1, -0.05) is 19.1 Å². The molecule has 0 heterocycles. The number of carbonyl (C=O) groups excluding carboxylic acids is 1. The first kappa shape index (κ1) is 18.1. The summed E-state index contributed by atoms with van der Waals surface area (Å²) in [6.07, 6.45) is 0.938. The van der Waals surface area contributed by atoms with E-state index >= 15 is 0 Å². The Bertz CT molecular complexity index is 652. The standard InChI is InChI=1S/C14H20N4O3S/c1-3-12-6-4-7-13(10-12)17-14(19)11-16-22(20,21)18(2)9-5-8-15/h4,6-7,10,16H,3,5,9,11H2,1-2H3,(H,17,19). The van der Waals surface area contributed by atoms with E-state index in [4.69, 9.17) is 5.26 Å². The number of nitrogens with zero attached hydrogens (tertiary/aromatic N) is 2. The molecular formula is C14H20N4O3S. The quantitative estimate of drug-likeness (QED) is 0.740. The molecule has 0 fully saturated rings. The van der Waals surface area contributed by atoms with Crippen molar-refractivity contribution in [2.45, 2.75) is 19.8 Å². The van der Waals surface area contributed by atoms with Gasteiger partial charge in [-0.2, -0.15) is 22.7 Å². The lowest BCUT2D eigenvalue weighted by Gasteiger charge is -2.16. The predicted molar refractivity (Wildman–Crippen MR) is 84.2 cm³/mol. The first-order valence-electron chi connectivity index (χ1n) is 6.85. The predicted octanol–water partition coefficient (Wildman–Crippen LogP) is 0.867. The van der Waals surface area contributed by atoms with E-state index in [-0.39, 0.29) is 19.5 Å². The summed E-state index contributed by atoms with van der Waals surface area (Å²) in [7, 11) is -2.41. The third-order valence-corrected chi connectivity index (χ3v) is 4.50. The molecule has 0 atom stereocenters. The molecule has 1 amide bonds. The first-order valence-corrected chi connectivity index (χ1v) is 8.29. The fraction of sp³-hybridized carbons (Fsp3) is 0.429. The van der Waals surface area contributed by atoms with Crippen molar-refractivity contribution in [1.82, 2.24) is 9.03 Å². The van der Waals surface area contributed by atoms with Gasteiger partial charge >= 0.3 is 0 Å². The van der Waals surface area contributed by atoms with E-state index in [9.17, 15) is 13.2 Å². The summed E-state index contributed by atoms with van der Waals surface area (Å²) in [5, 5.41) is 11.1. The number of hydrogen-bond acceptors (Lipinski definition) is 4. The van der Waals surface area contributed by atoms with Crippen LogP contribution in [0.15, 0.2) is 24.3 Å². The summed E-state index contributed by atoms with van der Waals surface area (Å²) < 4.78 is 26.8. The van der Waals surface area contributed by atoms with E-state index in [2.05, 4.69) is 10.0 Å². The third-order valence-electron chi connectivity index (χ3n) is 2.98. The Kier molecular flexibility index (Phi) is 6.98. The molecule has 7 nitrogen and oxygen atoms in total. The summed E-state index contributed by atoms with van der Waals surface area (Å²) in [5.41, 5.74) is 1.70. The molecule has 0 radical (unpaired) electrons. The zero-order chi connectivity index (χ0) is 16.6. The lowest BCUT2D eigenvalue weighted by molar-refractivity contribution is -0.115. The van der Waals surface area contributed by atoms with Crippen LogP contribution in [0.25, 0.3) is 0 Å². The second-order valence-corrected chi connectivity index (χ2v) is 6.52. The molecule has 22 heavy (non-hydrogen) atoms. The smallest absolute Gasteiger partial charge is 0.279 e. The molecule has 8 heteroatoms. The Labute approximate surface area is 131 Å². The van der Waals surface area contributed by atoms with Crippen molar-refractivity contribution in [3.63, 3.8) is 0 Å². The second-order valence-electron chi connectivity index (χ2n) is 4.66. The lowest BCUT2D eigenvalue weighted by atomic mass is 10.1. The van der Waals surface area contributed by atoms with Gasteiger partial charge in [0.25, 0.3) is 10.2 Å². The molecule has 1 aromatic carbocycles. The number of aryl methyl sites for hydroxylation is 1. The average Bonchev–Trinajstić information content (AvgIpc) is 2.50. The van der Waals surface area contributed by atoms with Crippen LogP contribution in [0.5, 0.6) is 0 Å². The number of nitriles is 1. The molecule has 1 rings (SSSR count). The molecule has 1 aromatic rings. The summed E-state index contributed by atoms with van der Waals surface area (Å²) in [4.78, 5) is 11.8. The van der Waals surface area contributed by atoms with Crippen molar-refractivity contribution in [1.29, 1.82) is 5.26 Å². The van der Waals surface area contributed by atoms with Crippen LogP contribution in [-0.2, 0) is 21.4 Å². The Morgan fingerprint density at radius 2 is 2.14 bits per heavy atom. The second kappa shape index (κ2) is 8.48. The molecule has 0 bridgehead atoms. The monoisotopic (exact) mass is 324 g/mol. The van der Waals surface area contributed by atoms with Gasteiger partial charge in [0.1, 0.15) is 0 Å². The molecule has 0 aromatic heterocycles. The lowest BCUT2D eigenvalue weighted by Crippen LogP contribution is -2.42. The molecule has 2 N–H and O–H groups in total. The minimum Gasteiger partial charge on any atom is -0.325 e. The Morgan fingerprint density at radius 1 is 1.41 bits per heavy atom. The third kappa shape index (κ3) is 5.81. The molecule has 0 unspecified atom stereocenters. The number of hydrogen-bond donors (Lipinski definition) is 2. The van der Waals surface area contributed by atoms with Gasteiger partial charge in [-0.3, -0.25) is 4.79 Å². The van der Waals surface area contributed by atoms with Crippen LogP contribution in [0.1, 0.15) is 18.9 Å². The Balaban J connectivity index is 2.53. The maximum absolute atomic E-state index is 11.8. The van der Waals surface area contributed by atoms with E-state index in [1.165, 1.54) is 7.05 Å². The molecule has 0 spiro atoms. The van der Waals surface area contributed by atoms with Crippen LogP contribution in [0.3, 0.4) is 0 Å². The zero-order valence-electron chi connectivity index (χ0n) is 12.7. The van der Waals surface area contributed by atoms with Gasteiger partial charge in [-0.15, -0.1) is 0 Å². The number of benzene rings is 1. The molecule has 0 aliphatic carbocycles. The molecular weight excluding hydrogens is 304 g/mol. The van der Waals surface area contributed by atoms with Gasteiger partial charge in [-0.05, 0) is 24.1 Å². The number of anilines is 1. The van der Waals surface area contributed by atoms with Gasteiger partial charge in [0.05, 0.1) is 12.6 Å². The average molecular weight is 324 g/mol. The Hall–Kier alpha value is -1.95. The highest BCUT2D eigenvalue weighted by Crippen LogP contribution is 2.10. The van der Waals surface area contributed by atoms with E-state index in [0.717, 1.165) is 16.3 Å². The highest BCUT2D eigenvalue weighted by molar-refractivity contribution is 7.87. The van der Waals surface area contributed by atoms with Gasteiger partial charge in [0.2, 0.25) is 5.91 Å². The largest absolute Gasteiger partial charge is 0.325 e. The van der Waals surface area contributed by atoms with Crippen molar-refractivity contribution in [2.75, 3.05) is 25.5 Å². The van der Waals surface area contributed by atoms with Crippen molar-refractivity contribution >= 4 is 21.8 Å². The van der Waals surface area contributed by atoms with E-state index in [1.807, 2.05) is 31.2 Å². The Morgan fingerprint density at radius 3 is 2.77 bits per heavy atom. The number of rotatable bonds is 8. The van der Waals surface area contributed by atoms with Crippen LogP contribution >= 0.6 is 0 Å². The molecule has 120 valence electrons. The number of carbonyl (C=O) groups is 1. The highest BCUT2D eigenvalue weighted by atomic mass is 32.2. The molecule has 0 saturated carbocycles. The van der Waals surface area contributed by atoms with Gasteiger partial charge in [0, 0.05) is 25.7 Å². The molecule has 0 aliphatic heterocycles. The van der Waals surface area contributed by atoms with E-state index in [1.54, 1.807) is 6.07 Å². The summed E-state index contributed by atoms with van der Waals surface area (Å²) in [5.74, 6) is -0.453. The summed E-state index contributed by atoms with van der Waals surface area (Å²) in [6.45, 7) is 1.72. The molecule has 0 aliphatic rings. The van der Waals surface area contributed by atoms with Crippen molar-refractivity contribution in [3.05, 3.63) is 29.8 Å². The van der Waals surface area contributed by atoms with Gasteiger partial charge in [-0.25, -0.2) is 0 Å². The summed E-state index contributed by atoms with van der Waals surface area (Å²) in [6, 6.07) is 9.22. The van der Waals surface area contributed by atoms with Crippen LogP contribution in [0, 0.1) is 11.3 Å². The van der Waals surface area contributed by atoms with Gasteiger partial charge in [0.15, 0.2) is 0 Å². The van der Waals surface area contributed by atoms with Crippen molar-refractivity contribution < 1.29 is 13.2 Å². The topological polar surface area (TPSA) is 102 Å². The van der Waals surface area contributed by atoms with Crippen LogP contribution in [-0.4, -0.2) is 38.8 Å². The van der Waals surface area contributed by atoms with Crippen LogP contribution in [0.2, 0.25) is 0 Å². The zero-order valence-corrected chi connectivity index (χ0v) is 13.5. The minimum atomic E-state index is -3.76. The first-order chi connectivity index (χ1) is 10.4. The highest BCUT2D eigenvalue weighted by Gasteiger charge is 2.18. The normalized spacial score (nSPS) is 11.2. The SMILES string of the molecule is CCc1cccc(NC(=O)CNS(=O)(=O)N(C)CCC#N)c1. The maximum atomic E-state index is 11.8. The van der Waals surface area contributed by atoms with Crippen LogP contribution in [0.4, 0.5) is 5.69 Å². The fourth-order valence-corrected chi connectivity index (χ4v) is 2.53. The van der Waals surface area contributed by atoms with Crippen molar-refractivity contribution in [2.24, 2.45) is 0 Å². The summed E-state index contributed by atoms with van der Waals surface area (Å²) >= 11 is 0. The fourth-order valence-electron chi connectivity index (χ4n) is 1.67. The molecule has 0 saturated heterocycles. The van der Waals surface area contributed by atoms with Crippen LogP contribution < -0.4 is 10.0 Å². The minimum absolute atomic E-state index is 0.0754. The van der Waals surface area contributed by atoms with E-state index in [0.29, 0.717) is 5.69 Å². The maximum Gasteiger partial charge on any atom is 0.279 e. The number of nitrogens with one attached hydrogen (secondary N) is 2.